The Morgan fingerprint density at radius 1 is 0.108 bits per heavy atom. The summed E-state index contributed by atoms with van der Waals surface area (Å²) in [6.45, 7) is 0. The highest BCUT2D eigenvalue weighted by Crippen LogP contribution is 2.48. The van der Waals surface area contributed by atoms with Gasteiger partial charge in [0.1, 0.15) is 0 Å². The molecule has 0 bridgehead atoms. The summed E-state index contributed by atoms with van der Waals surface area (Å²) in [7, 11) is 0. The molecule has 0 N–H and O–H groups in total. The molecule has 0 aliphatic heterocycles. The van der Waals surface area contributed by atoms with E-state index in [1.165, 1.54) is 229 Å². The van der Waals surface area contributed by atoms with Gasteiger partial charge in [-0.3, -0.25) is 0 Å². The van der Waals surface area contributed by atoms with Crippen molar-refractivity contribution in [3.05, 3.63) is 437 Å². The van der Waals surface area contributed by atoms with Gasteiger partial charge in [0, 0.05) is 65.8 Å². The predicted molar refractivity (Wildman–Crippen MR) is 512 cm³/mol. The first kappa shape index (κ1) is 67.5. The highest BCUT2D eigenvalue weighted by Gasteiger charge is 2.23. The molecular formula is C116H72N4. The molecule has 556 valence electrons. The Bertz CT molecular complexity index is 8780. The van der Waals surface area contributed by atoms with Gasteiger partial charge >= 0.3 is 0 Å². The molecular weight excluding hydrogens is 1450 g/mol. The van der Waals surface area contributed by atoms with E-state index in [2.05, 4.69) is 455 Å². The van der Waals surface area contributed by atoms with E-state index in [4.69, 9.17) is 0 Å². The zero-order valence-electron chi connectivity index (χ0n) is 65.4. The molecule has 0 unspecified atom stereocenters. The van der Waals surface area contributed by atoms with Gasteiger partial charge in [0.15, 0.2) is 0 Å². The second-order valence-electron chi connectivity index (χ2n) is 32.1. The van der Waals surface area contributed by atoms with Crippen molar-refractivity contribution in [2.24, 2.45) is 0 Å². The zero-order chi connectivity index (χ0) is 78.6. The smallest absolute Gasteiger partial charge is 0.0541 e. The summed E-state index contributed by atoms with van der Waals surface area (Å²) in [6.07, 6.45) is 0. The van der Waals surface area contributed by atoms with Crippen molar-refractivity contribution in [2.45, 2.75) is 0 Å². The summed E-state index contributed by atoms with van der Waals surface area (Å²) in [5.74, 6) is 0. The molecule has 4 heterocycles. The third-order valence-corrected chi connectivity index (χ3v) is 25.7. The lowest BCUT2D eigenvalue weighted by atomic mass is 9.87. The second-order valence-corrected chi connectivity index (χ2v) is 32.1. The number of aromatic nitrogens is 4. The number of nitrogens with zero attached hydrogens (tertiary/aromatic N) is 4. The van der Waals surface area contributed by atoms with Gasteiger partial charge in [0.2, 0.25) is 0 Å². The van der Waals surface area contributed by atoms with E-state index in [0.29, 0.717) is 0 Å². The van der Waals surface area contributed by atoms with Crippen LogP contribution >= 0.6 is 0 Å². The molecule has 4 heteroatoms. The fourth-order valence-electron chi connectivity index (χ4n) is 20.5. The summed E-state index contributed by atoms with van der Waals surface area (Å²) in [4.78, 5) is 0. The third-order valence-electron chi connectivity index (χ3n) is 25.7. The molecule has 0 aliphatic rings. The molecule has 4 aromatic heterocycles. The van der Waals surface area contributed by atoms with Gasteiger partial charge in [-0.05, 0) is 264 Å². The fraction of sp³-hybridized carbons (Fsp3) is 0. The topological polar surface area (TPSA) is 19.7 Å². The first-order valence-corrected chi connectivity index (χ1v) is 41.5. The highest BCUT2D eigenvalue weighted by molar-refractivity contribution is 6.35. The average molecular weight is 1520 g/mol. The highest BCUT2D eigenvalue weighted by atomic mass is 15.0. The molecule has 4 nitrogen and oxygen atoms in total. The quantitative estimate of drug-likeness (QED) is 0.135. The largest absolute Gasteiger partial charge is 0.309 e. The number of hydrogen-bond donors (Lipinski definition) is 0. The average Bonchev–Trinajstić information content (AvgIpc) is 1.32. The lowest BCUT2D eigenvalue weighted by Gasteiger charge is -2.17. The second kappa shape index (κ2) is 26.9. The standard InChI is InChI=1S/2C58H36N2/c1-2-16-40(17-3-1)59-54-27-12-10-23-46(54)51-34-37(29-31-56(51)59)38-30-32-57-52(35-38)47-24-11-13-28-55(47)60(57)41-18-14-15-39(33-41)50-36-53-44-21-5-4-19-42(44)43-20-6-8-25-48(43)58(53)49-26-9-7-22-45(49)50;1-2-14-40(15-3-1)59-54-24-12-10-20-46(54)51-34-38(28-32-56(51)59)39-29-33-57-52(35-39)47-21-11-13-25-55(47)60(57)41-30-26-37(27-31-41)50-36-53-44-18-5-4-16-42(44)43-17-6-8-22-48(43)58(53)49-23-9-7-19-45(49)50/h2*1-36H. The van der Waals surface area contributed by atoms with Gasteiger partial charge in [0.25, 0.3) is 0 Å². The normalized spacial score (nSPS) is 12.0. The lowest BCUT2D eigenvalue weighted by Crippen LogP contribution is -1.95. The van der Waals surface area contributed by atoms with Gasteiger partial charge < -0.3 is 18.3 Å². The number of fused-ring (bicyclic) bond motifs is 28. The first-order chi connectivity index (χ1) is 59.6. The Morgan fingerprint density at radius 3 is 0.692 bits per heavy atom. The molecule has 0 atom stereocenters. The molecule has 120 heavy (non-hydrogen) atoms. The Labute approximate surface area is 691 Å². The van der Waals surface area contributed by atoms with E-state index in [1.807, 2.05) is 0 Å². The maximum atomic E-state index is 2.45. The van der Waals surface area contributed by atoms with Gasteiger partial charge in [-0.15, -0.1) is 0 Å². The molecule has 0 fully saturated rings. The summed E-state index contributed by atoms with van der Waals surface area (Å²) < 4.78 is 9.63. The molecule has 0 aliphatic carbocycles. The van der Waals surface area contributed by atoms with Gasteiger partial charge in [-0.2, -0.15) is 0 Å². The summed E-state index contributed by atoms with van der Waals surface area (Å²) in [5, 5.41) is 30.7. The Hall–Kier alpha value is -15.9. The van der Waals surface area contributed by atoms with Crippen molar-refractivity contribution in [3.63, 3.8) is 0 Å². The van der Waals surface area contributed by atoms with E-state index in [9.17, 15) is 0 Å². The predicted octanol–water partition coefficient (Wildman–Crippen LogP) is 31.7. The molecule has 0 spiro atoms. The van der Waals surface area contributed by atoms with E-state index in [-0.39, 0.29) is 0 Å². The minimum atomic E-state index is 1.15. The maximum absolute atomic E-state index is 2.45. The van der Waals surface area contributed by atoms with Crippen LogP contribution in [0, 0.1) is 0 Å². The molecule has 0 saturated carbocycles. The zero-order valence-corrected chi connectivity index (χ0v) is 65.4. The van der Waals surface area contributed by atoms with Gasteiger partial charge in [0.05, 0.1) is 44.1 Å². The number of hydrogen-bond acceptors (Lipinski definition) is 0. The van der Waals surface area contributed by atoms with Gasteiger partial charge in [-0.1, -0.05) is 303 Å². The molecule has 26 aromatic rings. The Balaban J connectivity index is 0.000000133. The van der Waals surface area contributed by atoms with Crippen LogP contribution < -0.4 is 0 Å². The van der Waals surface area contributed by atoms with Crippen molar-refractivity contribution in [1.82, 2.24) is 18.3 Å². The number of para-hydroxylation sites is 6. The Morgan fingerprint density at radius 2 is 0.342 bits per heavy atom. The summed E-state index contributed by atoms with van der Waals surface area (Å²) in [6, 6.07) is 161. The minimum Gasteiger partial charge on any atom is -0.309 e. The SMILES string of the molecule is c1ccc(-n2c3ccccc3c3cc(-c4ccc5c(c4)c4ccccc4n5-c4ccc(-c5cc6c7ccccc7c7ccccc7c6c6ccccc56)cc4)ccc32)cc1.c1ccc(-n2c3ccccc3c3cc(-c4ccc5c(c4)c4ccccc4n5-c4cccc(-c5cc6c7ccccc7c7ccccc7c6c6ccccc56)c4)ccc32)cc1. The van der Waals surface area contributed by atoms with E-state index in [1.54, 1.807) is 0 Å². The van der Waals surface area contributed by atoms with Crippen molar-refractivity contribution >= 4 is 173 Å². The van der Waals surface area contributed by atoms with E-state index < -0.39 is 0 Å². The van der Waals surface area contributed by atoms with Crippen LogP contribution in [0.3, 0.4) is 0 Å². The lowest BCUT2D eigenvalue weighted by molar-refractivity contribution is 1.18. The molecule has 0 saturated heterocycles. The molecule has 0 radical (unpaired) electrons. The van der Waals surface area contributed by atoms with Crippen LogP contribution in [0.2, 0.25) is 0 Å². The first-order valence-electron chi connectivity index (χ1n) is 41.5. The van der Waals surface area contributed by atoms with Crippen molar-refractivity contribution < 1.29 is 0 Å². The van der Waals surface area contributed by atoms with Crippen LogP contribution in [-0.4, -0.2) is 18.3 Å². The fourth-order valence-corrected chi connectivity index (χ4v) is 20.5. The molecule has 26 rings (SSSR count). The number of rotatable bonds is 8. The van der Waals surface area contributed by atoms with Crippen molar-refractivity contribution in [1.29, 1.82) is 0 Å². The summed E-state index contributed by atoms with van der Waals surface area (Å²) in [5.41, 5.74) is 24.0. The molecule has 0 amide bonds. The van der Waals surface area contributed by atoms with E-state index >= 15 is 0 Å². The third kappa shape index (κ3) is 10.3. The Kier molecular flexibility index (Phi) is 15.1. The van der Waals surface area contributed by atoms with Crippen LogP contribution in [-0.2, 0) is 0 Å². The van der Waals surface area contributed by atoms with E-state index in [0.717, 1.165) is 11.4 Å². The van der Waals surface area contributed by atoms with Crippen LogP contribution in [0.4, 0.5) is 0 Å². The maximum Gasteiger partial charge on any atom is 0.0541 e. The summed E-state index contributed by atoms with van der Waals surface area (Å²) >= 11 is 0. The van der Waals surface area contributed by atoms with Crippen LogP contribution in [0.5, 0.6) is 0 Å². The van der Waals surface area contributed by atoms with Crippen molar-refractivity contribution in [3.8, 4) is 67.3 Å². The van der Waals surface area contributed by atoms with Crippen LogP contribution in [0.15, 0.2) is 437 Å². The number of benzene rings is 22. The van der Waals surface area contributed by atoms with Crippen molar-refractivity contribution in [2.75, 3.05) is 0 Å². The molecule has 22 aromatic carbocycles. The van der Waals surface area contributed by atoms with Crippen LogP contribution in [0.25, 0.3) is 241 Å². The minimum absolute atomic E-state index is 1.15. The van der Waals surface area contributed by atoms with Gasteiger partial charge in [-0.25, -0.2) is 0 Å². The van der Waals surface area contributed by atoms with Crippen LogP contribution in [0.1, 0.15) is 0 Å². The monoisotopic (exact) mass is 1520 g/mol.